The van der Waals surface area contributed by atoms with E-state index in [2.05, 4.69) is 10.2 Å². The number of hydrogen-bond acceptors (Lipinski definition) is 5. The molecule has 2 aromatic rings. The Morgan fingerprint density at radius 2 is 2.28 bits per heavy atom. The zero-order valence-corrected chi connectivity index (χ0v) is 9.79. The predicted octanol–water partition coefficient (Wildman–Crippen LogP) is 1.97. The summed E-state index contributed by atoms with van der Waals surface area (Å²) in [6.07, 6.45) is 0. The van der Waals surface area contributed by atoms with Gasteiger partial charge in [0.1, 0.15) is 6.61 Å². The molecule has 1 aromatic carbocycles. The van der Waals surface area contributed by atoms with Crippen LogP contribution in [-0.4, -0.2) is 27.9 Å². The van der Waals surface area contributed by atoms with Crippen molar-refractivity contribution < 1.29 is 19.1 Å². The van der Waals surface area contributed by atoms with Gasteiger partial charge >= 0.3 is 5.97 Å². The van der Waals surface area contributed by atoms with Crippen molar-refractivity contribution in [2.75, 3.05) is 6.61 Å². The van der Waals surface area contributed by atoms with Gasteiger partial charge in [-0.15, -0.1) is 10.2 Å². The van der Waals surface area contributed by atoms with Crippen LogP contribution in [0.3, 0.4) is 0 Å². The molecule has 18 heavy (non-hydrogen) atoms. The number of benzene rings is 1. The van der Waals surface area contributed by atoms with Gasteiger partial charge in [-0.05, 0) is 25.1 Å². The molecule has 0 aliphatic heterocycles. The Balaban J connectivity index is 2.23. The number of carboxylic acid groups (broad SMARTS) is 1. The minimum absolute atomic E-state index is 0.178. The van der Waals surface area contributed by atoms with E-state index >= 15 is 0 Å². The van der Waals surface area contributed by atoms with Crippen molar-refractivity contribution in [2.45, 2.75) is 13.5 Å². The Morgan fingerprint density at radius 3 is 3.00 bits per heavy atom. The van der Waals surface area contributed by atoms with Crippen LogP contribution in [0.2, 0.25) is 0 Å². The van der Waals surface area contributed by atoms with Crippen molar-refractivity contribution in [3.05, 3.63) is 35.7 Å². The number of rotatable bonds is 5. The lowest BCUT2D eigenvalue weighted by Gasteiger charge is -1.97. The summed E-state index contributed by atoms with van der Waals surface area (Å²) < 4.78 is 10.5. The highest BCUT2D eigenvalue weighted by Gasteiger charge is 2.10. The molecule has 0 unspecified atom stereocenters. The highest BCUT2D eigenvalue weighted by atomic mass is 16.5. The number of aromatic nitrogens is 2. The molecule has 1 heterocycles. The lowest BCUT2D eigenvalue weighted by Crippen LogP contribution is -1.95. The number of nitrogens with zero attached hydrogens (tertiary/aromatic N) is 2. The summed E-state index contributed by atoms with van der Waals surface area (Å²) in [7, 11) is 0. The maximum Gasteiger partial charge on any atom is 0.335 e. The van der Waals surface area contributed by atoms with Crippen molar-refractivity contribution in [2.24, 2.45) is 0 Å². The molecule has 1 aromatic heterocycles. The standard InChI is InChI=1S/C12H12N2O4/c1-2-17-7-10-13-14-11(18-10)8-4-3-5-9(6-8)12(15)16/h3-6H,2,7H2,1H3,(H,15,16). The second kappa shape index (κ2) is 5.42. The fourth-order valence-electron chi connectivity index (χ4n) is 1.40. The largest absolute Gasteiger partial charge is 0.478 e. The van der Waals surface area contributed by atoms with Crippen molar-refractivity contribution in [1.29, 1.82) is 0 Å². The van der Waals surface area contributed by atoms with Gasteiger partial charge in [0.25, 0.3) is 0 Å². The van der Waals surface area contributed by atoms with Crippen molar-refractivity contribution in [1.82, 2.24) is 10.2 Å². The maximum atomic E-state index is 10.8. The first-order chi connectivity index (χ1) is 8.70. The van der Waals surface area contributed by atoms with Crippen molar-refractivity contribution in [3.8, 4) is 11.5 Å². The van der Waals surface area contributed by atoms with Crippen LogP contribution in [0.4, 0.5) is 0 Å². The Morgan fingerprint density at radius 1 is 1.44 bits per heavy atom. The average molecular weight is 248 g/mol. The third kappa shape index (κ3) is 2.72. The molecule has 6 nitrogen and oxygen atoms in total. The van der Waals surface area contributed by atoms with E-state index in [1.165, 1.54) is 12.1 Å². The fraction of sp³-hybridized carbons (Fsp3) is 0.250. The van der Waals surface area contributed by atoms with Crippen LogP contribution in [0.25, 0.3) is 11.5 Å². The van der Waals surface area contributed by atoms with Crippen LogP contribution in [0.15, 0.2) is 28.7 Å². The van der Waals surface area contributed by atoms with Crippen LogP contribution < -0.4 is 0 Å². The SMILES string of the molecule is CCOCc1nnc(-c2cccc(C(=O)O)c2)o1. The molecular weight excluding hydrogens is 236 g/mol. The molecule has 0 amide bonds. The molecule has 0 radical (unpaired) electrons. The normalized spacial score (nSPS) is 10.5. The molecule has 0 saturated carbocycles. The molecule has 0 saturated heterocycles. The van der Waals surface area contributed by atoms with Gasteiger partial charge in [0.2, 0.25) is 11.8 Å². The summed E-state index contributed by atoms with van der Waals surface area (Å²) in [5.41, 5.74) is 0.752. The van der Waals surface area contributed by atoms with Gasteiger partial charge in [-0.25, -0.2) is 4.79 Å². The minimum Gasteiger partial charge on any atom is -0.478 e. The second-order valence-corrected chi connectivity index (χ2v) is 3.52. The zero-order valence-electron chi connectivity index (χ0n) is 9.79. The topological polar surface area (TPSA) is 85.5 Å². The Kier molecular flexibility index (Phi) is 3.69. The first-order valence-corrected chi connectivity index (χ1v) is 5.44. The Labute approximate surface area is 103 Å². The summed E-state index contributed by atoms with van der Waals surface area (Å²) in [6, 6.07) is 6.33. The summed E-state index contributed by atoms with van der Waals surface area (Å²) in [6.45, 7) is 2.68. The predicted molar refractivity (Wildman–Crippen MR) is 62.0 cm³/mol. The van der Waals surface area contributed by atoms with E-state index in [1.54, 1.807) is 12.1 Å². The van der Waals surface area contributed by atoms with E-state index < -0.39 is 5.97 Å². The summed E-state index contributed by atoms with van der Waals surface area (Å²) in [4.78, 5) is 10.8. The quantitative estimate of drug-likeness (QED) is 0.870. The maximum absolute atomic E-state index is 10.8. The first-order valence-electron chi connectivity index (χ1n) is 5.44. The second-order valence-electron chi connectivity index (χ2n) is 3.52. The third-order valence-corrected chi connectivity index (χ3v) is 2.25. The summed E-state index contributed by atoms with van der Waals surface area (Å²) in [5.74, 6) is -0.341. The average Bonchev–Trinajstić information content (AvgIpc) is 2.85. The molecule has 0 aliphatic carbocycles. The molecule has 6 heteroatoms. The third-order valence-electron chi connectivity index (χ3n) is 2.25. The van der Waals surface area contributed by atoms with Gasteiger partial charge in [0, 0.05) is 12.2 Å². The molecule has 0 spiro atoms. The van der Waals surface area contributed by atoms with Gasteiger partial charge in [-0.1, -0.05) is 6.07 Å². The number of ether oxygens (including phenoxy) is 1. The molecule has 1 N–H and O–H groups in total. The molecule has 0 aliphatic rings. The molecule has 0 fully saturated rings. The van der Waals surface area contributed by atoms with Crippen LogP contribution in [0, 0.1) is 0 Å². The van der Waals surface area contributed by atoms with Gasteiger partial charge < -0.3 is 14.3 Å². The van der Waals surface area contributed by atoms with E-state index in [1.807, 2.05) is 6.92 Å². The van der Waals surface area contributed by atoms with Crippen LogP contribution >= 0.6 is 0 Å². The first kappa shape index (κ1) is 12.3. The molecule has 2 rings (SSSR count). The van der Waals surface area contributed by atoms with E-state index in [0.717, 1.165) is 0 Å². The number of carboxylic acids is 1. The lowest BCUT2D eigenvalue weighted by atomic mass is 10.1. The van der Waals surface area contributed by atoms with Gasteiger partial charge in [0.05, 0.1) is 5.56 Å². The van der Waals surface area contributed by atoms with Crippen molar-refractivity contribution in [3.63, 3.8) is 0 Å². The van der Waals surface area contributed by atoms with Gasteiger partial charge in [-0.3, -0.25) is 0 Å². The smallest absolute Gasteiger partial charge is 0.335 e. The summed E-state index contributed by atoms with van der Waals surface area (Å²) >= 11 is 0. The number of hydrogen-bond donors (Lipinski definition) is 1. The Bertz CT molecular complexity index is 551. The molecule has 0 bridgehead atoms. The van der Waals surface area contributed by atoms with Crippen LogP contribution in [0.1, 0.15) is 23.2 Å². The summed E-state index contributed by atoms with van der Waals surface area (Å²) in [5, 5.41) is 16.6. The fourth-order valence-corrected chi connectivity index (χ4v) is 1.40. The monoisotopic (exact) mass is 248 g/mol. The van der Waals surface area contributed by atoms with E-state index in [4.69, 9.17) is 14.3 Å². The van der Waals surface area contributed by atoms with Crippen LogP contribution in [0.5, 0.6) is 0 Å². The zero-order chi connectivity index (χ0) is 13.0. The highest BCUT2D eigenvalue weighted by Crippen LogP contribution is 2.19. The van der Waals surface area contributed by atoms with E-state index in [-0.39, 0.29) is 18.1 Å². The van der Waals surface area contributed by atoms with E-state index in [9.17, 15) is 4.79 Å². The number of aromatic carboxylic acids is 1. The van der Waals surface area contributed by atoms with Gasteiger partial charge in [-0.2, -0.15) is 0 Å². The molecule has 94 valence electrons. The van der Waals surface area contributed by atoms with Crippen LogP contribution in [-0.2, 0) is 11.3 Å². The Hall–Kier alpha value is -2.21. The molecular formula is C12H12N2O4. The van der Waals surface area contributed by atoms with E-state index in [0.29, 0.717) is 18.1 Å². The lowest BCUT2D eigenvalue weighted by molar-refractivity contribution is 0.0697. The highest BCUT2D eigenvalue weighted by molar-refractivity contribution is 5.88. The van der Waals surface area contributed by atoms with Gasteiger partial charge in [0.15, 0.2) is 0 Å². The molecule has 0 atom stereocenters. The minimum atomic E-state index is -0.995. The number of carbonyl (C=O) groups is 1. The van der Waals surface area contributed by atoms with Crippen molar-refractivity contribution >= 4 is 5.97 Å².